The Balaban J connectivity index is 2.22. The van der Waals surface area contributed by atoms with Gasteiger partial charge in [-0.05, 0) is 18.6 Å². The Hall–Kier alpha value is -1.01. The molecule has 1 aliphatic rings. The van der Waals surface area contributed by atoms with E-state index in [2.05, 4.69) is 16.6 Å². The Labute approximate surface area is 106 Å². The van der Waals surface area contributed by atoms with Crippen LogP contribution in [-0.2, 0) is 10.0 Å². The maximum atomic E-state index is 11.9. The van der Waals surface area contributed by atoms with Gasteiger partial charge >= 0.3 is 0 Å². The number of sulfonamides is 1. The first-order chi connectivity index (χ1) is 8.12. The lowest BCUT2D eigenvalue weighted by Crippen LogP contribution is -2.09. The molecule has 0 spiro atoms. The van der Waals surface area contributed by atoms with Crippen molar-refractivity contribution in [2.45, 2.75) is 23.5 Å². The maximum absolute atomic E-state index is 11.9. The molecule has 1 radical (unpaired) electrons. The Morgan fingerprint density at radius 2 is 2.12 bits per heavy atom. The van der Waals surface area contributed by atoms with Gasteiger partial charge in [0, 0.05) is 5.25 Å². The number of hydrogen-bond acceptors (Lipinski definition) is 3. The summed E-state index contributed by atoms with van der Waals surface area (Å²) in [4.78, 5) is 0.211. The molecule has 6 heteroatoms. The molecule has 0 aliphatic carbocycles. The number of rotatable bonds is 3. The first-order valence-electron chi connectivity index (χ1n) is 5.36. The predicted molar refractivity (Wildman–Crippen MR) is 69.7 cm³/mol. The van der Waals surface area contributed by atoms with Gasteiger partial charge in [-0.3, -0.25) is 5.32 Å². The standard InChI is InChI=1S/C11H13N2O2S2/c1-2-9-8-12-11(16-9)13-17(14,15)10-6-4-3-5-7-10/h3-7,9H,2,8H2,1H3. The molecular formula is C11H13N2O2S2. The zero-order valence-electron chi connectivity index (χ0n) is 9.41. The fourth-order valence-corrected chi connectivity index (χ4v) is 3.51. The van der Waals surface area contributed by atoms with Crippen molar-refractivity contribution in [3.05, 3.63) is 30.3 Å². The zero-order chi connectivity index (χ0) is 12.3. The van der Waals surface area contributed by atoms with Gasteiger partial charge in [0.25, 0.3) is 10.0 Å². The molecule has 0 N–H and O–H groups in total. The van der Waals surface area contributed by atoms with Gasteiger partial charge in [0.2, 0.25) is 0 Å². The van der Waals surface area contributed by atoms with Gasteiger partial charge in [-0.25, -0.2) is 0 Å². The van der Waals surface area contributed by atoms with Gasteiger partial charge in [-0.2, -0.15) is 8.42 Å². The van der Waals surface area contributed by atoms with E-state index in [1.807, 2.05) is 0 Å². The SMILES string of the molecule is CCC1C[N]C(=NS(=O)(=O)c2ccccc2)S1. The van der Waals surface area contributed by atoms with E-state index in [0.29, 0.717) is 17.0 Å². The fourth-order valence-electron chi connectivity index (χ4n) is 1.41. The second kappa shape index (κ2) is 5.10. The zero-order valence-corrected chi connectivity index (χ0v) is 11.0. The quantitative estimate of drug-likeness (QED) is 0.841. The van der Waals surface area contributed by atoms with Crippen LogP contribution in [0.3, 0.4) is 0 Å². The first kappa shape index (κ1) is 12.4. The highest BCUT2D eigenvalue weighted by molar-refractivity contribution is 8.15. The molecule has 0 amide bonds. The first-order valence-corrected chi connectivity index (χ1v) is 7.68. The van der Waals surface area contributed by atoms with E-state index in [4.69, 9.17) is 0 Å². The van der Waals surface area contributed by atoms with Crippen LogP contribution in [0.25, 0.3) is 0 Å². The van der Waals surface area contributed by atoms with Gasteiger partial charge in [0.05, 0.1) is 11.4 Å². The van der Waals surface area contributed by atoms with Gasteiger partial charge in [0.1, 0.15) is 0 Å². The van der Waals surface area contributed by atoms with Crippen LogP contribution in [0.2, 0.25) is 0 Å². The van der Waals surface area contributed by atoms with E-state index in [9.17, 15) is 8.42 Å². The molecule has 1 heterocycles. The van der Waals surface area contributed by atoms with Crippen LogP contribution in [0.5, 0.6) is 0 Å². The molecule has 91 valence electrons. The topological polar surface area (TPSA) is 60.6 Å². The molecule has 0 bridgehead atoms. The lowest BCUT2D eigenvalue weighted by atomic mass is 10.3. The van der Waals surface area contributed by atoms with Crippen molar-refractivity contribution in [1.29, 1.82) is 0 Å². The van der Waals surface area contributed by atoms with Crippen LogP contribution >= 0.6 is 11.8 Å². The van der Waals surface area contributed by atoms with E-state index in [1.165, 1.54) is 23.9 Å². The van der Waals surface area contributed by atoms with Crippen molar-refractivity contribution in [2.24, 2.45) is 4.40 Å². The third kappa shape index (κ3) is 3.01. The van der Waals surface area contributed by atoms with Crippen molar-refractivity contribution in [3.8, 4) is 0 Å². The Morgan fingerprint density at radius 1 is 1.41 bits per heavy atom. The number of amidine groups is 1. The summed E-state index contributed by atoms with van der Waals surface area (Å²) in [7, 11) is -3.60. The number of nitrogens with zero attached hydrogens (tertiary/aromatic N) is 2. The molecule has 1 saturated heterocycles. The Bertz CT molecular complexity index is 512. The van der Waals surface area contributed by atoms with Gasteiger partial charge < -0.3 is 0 Å². The molecule has 1 aromatic carbocycles. The van der Waals surface area contributed by atoms with E-state index in [1.54, 1.807) is 18.2 Å². The van der Waals surface area contributed by atoms with E-state index in [0.717, 1.165) is 6.42 Å². The summed E-state index contributed by atoms with van der Waals surface area (Å²) >= 11 is 1.44. The molecular weight excluding hydrogens is 256 g/mol. The molecule has 1 unspecified atom stereocenters. The molecule has 4 nitrogen and oxygen atoms in total. The minimum atomic E-state index is -3.60. The lowest BCUT2D eigenvalue weighted by molar-refractivity contribution is 0.598. The van der Waals surface area contributed by atoms with Crippen LogP contribution in [0.15, 0.2) is 39.6 Å². The molecule has 2 rings (SSSR count). The minimum absolute atomic E-state index is 0.211. The summed E-state index contributed by atoms with van der Waals surface area (Å²) in [5.74, 6) is 0. The highest BCUT2D eigenvalue weighted by Crippen LogP contribution is 2.24. The van der Waals surface area contributed by atoms with Gasteiger partial charge in [-0.15, -0.1) is 4.40 Å². The van der Waals surface area contributed by atoms with Crippen molar-refractivity contribution in [3.63, 3.8) is 0 Å². The highest BCUT2D eigenvalue weighted by atomic mass is 32.2. The minimum Gasteiger partial charge on any atom is -0.259 e. The number of hydrogen-bond donors (Lipinski definition) is 0. The van der Waals surface area contributed by atoms with Crippen LogP contribution in [-0.4, -0.2) is 25.4 Å². The smallest absolute Gasteiger partial charge is 0.259 e. The van der Waals surface area contributed by atoms with Crippen LogP contribution in [0.4, 0.5) is 0 Å². The molecule has 1 aromatic rings. The summed E-state index contributed by atoms with van der Waals surface area (Å²) in [5, 5.41) is 4.87. The summed E-state index contributed by atoms with van der Waals surface area (Å²) < 4.78 is 27.6. The Morgan fingerprint density at radius 3 is 2.71 bits per heavy atom. The Kier molecular flexibility index (Phi) is 3.73. The van der Waals surface area contributed by atoms with E-state index >= 15 is 0 Å². The maximum Gasteiger partial charge on any atom is 0.284 e. The normalized spacial score (nSPS) is 22.6. The van der Waals surface area contributed by atoms with Crippen molar-refractivity contribution >= 4 is 27.0 Å². The second-order valence-electron chi connectivity index (χ2n) is 3.65. The van der Waals surface area contributed by atoms with Gasteiger partial charge in [-0.1, -0.05) is 36.9 Å². The monoisotopic (exact) mass is 269 g/mol. The largest absolute Gasteiger partial charge is 0.284 e. The van der Waals surface area contributed by atoms with E-state index < -0.39 is 10.0 Å². The summed E-state index contributed by atoms with van der Waals surface area (Å²) in [6, 6.07) is 8.21. The van der Waals surface area contributed by atoms with Crippen molar-refractivity contribution in [2.75, 3.05) is 6.54 Å². The number of thioether (sulfide) groups is 1. The average molecular weight is 269 g/mol. The van der Waals surface area contributed by atoms with Gasteiger partial charge in [0.15, 0.2) is 5.17 Å². The molecule has 1 atom stereocenters. The lowest BCUT2D eigenvalue weighted by Gasteiger charge is -1.99. The average Bonchev–Trinajstić information content (AvgIpc) is 2.77. The molecule has 17 heavy (non-hydrogen) atoms. The van der Waals surface area contributed by atoms with Crippen LogP contribution in [0.1, 0.15) is 13.3 Å². The van der Waals surface area contributed by atoms with Crippen LogP contribution < -0.4 is 5.32 Å². The second-order valence-corrected chi connectivity index (χ2v) is 6.52. The van der Waals surface area contributed by atoms with Crippen molar-refractivity contribution < 1.29 is 8.42 Å². The third-order valence-electron chi connectivity index (χ3n) is 2.40. The molecule has 1 aliphatic heterocycles. The van der Waals surface area contributed by atoms with Crippen LogP contribution in [0, 0.1) is 0 Å². The molecule has 0 aromatic heterocycles. The number of benzene rings is 1. The molecule has 1 fully saturated rings. The highest BCUT2D eigenvalue weighted by Gasteiger charge is 2.24. The fraction of sp³-hybridized carbons (Fsp3) is 0.364. The summed E-state index contributed by atoms with van der Waals surface area (Å²) in [6.45, 7) is 2.71. The predicted octanol–water partition coefficient (Wildman–Crippen LogP) is 1.86. The third-order valence-corrected chi connectivity index (χ3v) is 5.04. The molecule has 0 saturated carbocycles. The van der Waals surface area contributed by atoms with Crippen molar-refractivity contribution in [1.82, 2.24) is 5.32 Å². The van der Waals surface area contributed by atoms with E-state index in [-0.39, 0.29) is 4.90 Å². The summed E-state index contributed by atoms with van der Waals surface area (Å²) in [5.41, 5.74) is 0. The summed E-state index contributed by atoms with van der Waals surface area (Å²) in [6.07, 6.45) is 0.971.